The minimum Gasteiger partial charge on any atom is -0.508 e. The molecule has 1 aromatic heterocycles. The second-order valence-corrected chi connectivity index (χ2v) is 5.50. The number of aliphatic hydroxyl groups excluding tert-OH is 2. The lowest BCUT2D eigenvalue weighted by molar-refractivity contribution is 0.408. The summed E-state index contributed by atoms with van der Waals surface area (Å²) in [6, 6.07) is 7.27. The molecule has 0 saturated carbocycles. The Morgan fingerprint density at radius 3 is 2.54 bits per heavy atom. The Hall–Kier alpha value is -3.06. The molecule has 3 N–H and O–H groups in total. The van der Waals surface area contributed by atoms with Crippen molar-refractivity contribution < 1.29 is 14.9 Å². The van der Waals surface area contributed by atoms with E-state index in [1.165, 1.54) is 12.2 Å². The van der Waals surface area contributed by atoms with E-state index in [0.717, 1.165) is 5.69 Å². The third kappa shape index (κ3) is 2.89. The highest BCUT2D eigenvalue weighted by atomic mass is 32.1. The van der Waals surface area contributed by atoms with Gasteiger partial charge in [-0.15, -0.1) is 0 Å². The van der Waals surface area contributed by atoms with E-state index in [4.69, 9.17) is 17.0 Å². The first-order valence-electron chi connectivity index (χ1n) is 7.04. The number of nitrogens with zero attached hydrogens (tertiary/aromatic N) is 2. The number of ether oxygens (including phenoxy) is 1. The first kappa shape index (κ1) is 15.8. The number of aromatic nitrogens is 3. The van der Waals surface area contributed by atoms with Crippen molar-refractivity contribution in [2.45, 2.75) is 0 Å². The van der Waals surface area contributed by atoms with Gasteiger partial charge in [-0.05, 0) is 54.2 Å². The van der Waals surface area contributed by atoms with Gasteiger partial charge >= 0.3 is 0 Å². The van der Waals surface area contributed by atoms with E-state index in [-0.39, 0.29) is 11.5 Å². The maximum Gasteiger partial charge on any atom is 0.200 e. The molecule has 122 valence electrons. The molecule has 1 heterocycles. The molecular weight excluding hydrogens is 326 g/mol. The number of nitrogens with one attached hydrogen (secondary N) is 1. The summed E-state index contributed by atoms with van der Waals surface area (Å²) in [5.74, 6) is 0.900. The number of allylic oxidation sites excluding steroid dienone is 5. The van der Waals surface area contributed by atoms with Crippen molar-refractivity contribution >= 4 is 17.8 Å². The van der Waals surface area contributed by atoms with Gasteiger partial charge in [0.1, 0.15) is 17.3 Å². The molecule has 0 aliphatic heterocycles. The van der Waals surface area contributed by atoms with Crippen LogP contribution in [0, 0.1) is 4.77 Å². The van der Waals surface area contributed by atoms with Crippen LogP contribution < -0.4 is 4.74 Å². The summed E-state index contributed by atoms with van der Waals surface area (Å²) in [4.78, 5) is 0. The third-order valence-electron chi connectivity index (χ3n) is 3.47. The zero-order chi connectivity index (χ0) is 17.3. The standard InChI is InChI=1S/C17H15N3O3S/c1-10-7-12(21)9-15(22)14(8-10)16-18-19-17(24)20(16)11-3-5-13(23-2)6-4-11/h3-9,21-22H,1H2,2H3,(H,19,24). The van der Waals surface area contributed by atoms with Gasteiger partial charge in [-0.2, -0.15) is 5.10 Å². The van der Waals surface area contributed by atoms with E-state index < -0.39 is 0 Å². The lowest BCUT2D eigenvalue weighted by atomic mass is 10.1. The summed E-state index contributed by atoms with van der Waals surface area (Å²) in [5.41, 5.74) is 1.67. The monoisotopic (exact) mass is 341 g/mol. The Bertz CT molecular complexity index is 946. The molecule has 0 atom stereocenters. The predicted octanol–water partition coefficient (Wildman–Crippen LogP) is 3.78. The molecule has 0 amide bonds. The van der Waals surface area contributed by atoms with E-state index in [9.17, 15) is 10.2 Å². The number of aliphatic hydroxyl groups is 2. The van der Waals surface area contributed by atoms with Gasteiger partial charge in [-0.1, -0.05) is 6.58 Å². The van der Waals surface area contributed by atoms with Crippen LogP contribution in [0.1, 0.15) is 5.82 Å². The zero-order valence-electron chi connectivity index (χ0n) is 12.9. The van der Waals surface area contributed by atoms with E-state index in [1.807, 2.05) is 12.1 Å². The fraction of sp³-hybridized carbons (Fsp3) is 0.0588. The lowest BCUT2D eigenvalue weighted by Crippen LogP contribution is -2.03. The molecule has 1 aromatic carbocycles. The van der Waals surface area contributed by atoms with Crippen molar-refractivity contribution in [3.05, 3.63) is 76.8 Å². The van der Waals surface area contributed by atoms with E-state index in [0.29, 0.717) is 27.5 Å². The number of methoxy groups -OCH3 is 1. The summed E-state index contributed by atoms with van der Waals surface area (Å²) in [6.07, 6.45) is 4.31. The average molecular weight is 341 g/mol. The van der Waals surface area contributed by atoms with E-state index >= 15 is 0 Å². The number of aromatic amines is 1. The van der Waals surface area contributed by atoms with E-state index in [2.05, 4.69) is 16.8 Å². The Balaban J connectivity index is 2.15. The van der Waals surface area contributed by atoms with Gasteiger partial charge in [0.25, 0.3) is 0 Å². The summed E-state index contributed by atoms with van der Waals surface area (Å²) in [5, 5.41) is 26.9. The van der Waals surface area contributed by atoms with Crippen LogP contribution in [0.5, 0.6) is 5.75 Å². The molecule has 24 heavy (non-hydrogen) atoms. The molecule has 0 saturated heterocycles. The summed E-state index contributed by atoms with van der Waals surface area (Å²) < 4.78 is 7.21. The van der Waals surface area contributed by atoms with Crippen LogP contribution >= 0.6 is 12.2 Å². The van der Waals surface area contributed by atoms with Gasteiger partial charge in [-0.25, -0.2) is 0 Å². The SMILES string of the molecule is C=C1C=C(O)C=C(O)C(c2n[nH]c(=S)n2-c2ccc(OC)cc2)=C1. The molecular formula is C17H15N3O3S. The van der Waals surface area contributed by atoms with Gasteiger partial charge < -0.3 is 14.9 Å². The van der Waals surface area contributed by atoms with Crippen LogP contribution in [0.2, 0.25) is 0 Å². The van der Waals surface area contributed by atoms with Crippen LogP contribution in [-0.2, 0) is 0 Å². The Kier molecular flexibility index (Phi) is 4.09. The van der Waals surface area contributed by atoms with Crippen LogP contribution in [0.15, 0.2) is 66.2 Å². The minimum atomic E-state index is -0.133. The molecule has 1 aliphatic rings. The molecule has 0 bridgehead atoms. The second-order valence-electron chi connectivity index (χ2n) is 5.12. The highest BCUT2D eigenvalue weighted by molar-refractivity contribution is 7.71. The highest BCUT2D eigenvalue weighted by Crippen LogP contribution is 2.28. The summed E-state index contributed by atoms with van der Waals surface area (Å²) in [7, 11) is 1.59. The van der Waals surface area contributed by atoms with Gasteiger partial charge in [-0.3, -0.25) is 9.67 Å². The predicted molar refractivity (Wildman–Crippen MR) is 93.8 cm³/mol. The maximum absolute atomic E-state index is 10.3. The molecule has 7 heteroatoms. The fourth-order valence-electron chi connectivity index (χ4n) is 2.38. The molecule has 0 unspecified atom stereocenters. The molecule has 1 aliphatic carbocycles. The van der Waals surface area contributed by atoms with Crippen molar-refractivity contribution in [2.75, 3.05) is 7.11 Å². The smallest absolute Gasteiger partial charge is 0.200 e. The second kappa shape index (κ2) is 6.21. The molecule has 0 fully saturated rings. The number of hydrogen-bond acceptors (Lipinski definition) is 5. The number of hydrogen-bond donors (Lipinski definition) is 3. The number of rotatable bonds is 3. The van der Waals surface area contributed by atoms with Gasteiger partial charge in [0.15, 0.2) is 10.6 Å². The molecule has 2 aromatic rings. The summed E-state index contributed by atoms with van der Waals surface area (Å²) in [6.45, 7) is 3.82. The minimum absolute atomic E-state index is 0.0890. The molecule has 0 radical (unpaired) electrons. The number of H-pyrrole nitrogens is 1. The highest BCUT2D eigenvalue weighted by Gasteiger charge is 2.18. The molecule has 3 rings (SSSR count). The fourth-order valence-corrected chi connectivity index (χ4v) is 2.62. The first-order valence-corrected chi connectivity index (χ1v) is 7.45. The maximum atomic E-state index is 10.3. The normalized spacial score (nSPS) is 14.5. The third-order valence-corrected chi connectivity index (χ3v) is 3.74. The van der Waals surface area contributed by atoms with Crippen molar-refractivity contribution in [1.82, 2.24) is 14.8 Å². The Morgan fingerprint density at radius 1 is 1.17 bits per heavy atom. The quantitative estimate of drug-likeness (QED) is 0.740. The zero-order valence-corrected chi connectivity index (χ0v) is 13.7. The Labute approximate surface area is 143 Å². The van der Waals surface area contributed by atoms with Crippen LogP contribution in [-0.4, -0.2) is 32.1 Å². The van der Waals surface area contributed by atoms with Crippen LogP contribution in [0.25, 0.3) is 11.3 Å². The van der Waals surface area contributed by atoms with Crippen LogP contribution in [0.3, 0.4) is 0 Å². The van der Waals surface area contributed by atoms with Crippen molar-refractivity contribution in [3.8, 4) is 11.4 Å². The summed E-state index contributed by atoms with van der Waals surface area (Å²) >= 11 is 5.31. The first-order chi connectivity index (χ1) is 11.5. The Morgan fingerprint density at radius 2 is 1.88 bits per heavy atom. The van der Waals surface area contributed by atoms with Gasteiger partial charge in [0.2, 0.25) is 0 Å². The van der Waals surface area contributed by atoms with Crippen molar-refractivity contribution in [2.24, 2.45) is 0 Å². The average Bonchev–Trinajstić information content (AvgIpc) is 2.87. The van der Waals surface area contributed by atoms with E-state index in [1.54, 1.807) is 29.9 Å². The largest absolute Gasteiger partial charge is 0.508 e. The van der Waals surface area contributed by atoms with Gasteiger partial charge in [0.05, 0.1) is 18.4 Å². The number of benzene rings is 1. The topological polar surface area (TPSA) is 83.3 Å². The van der Waals surface area contributed by atoms with Gasteiger partial charge in [0, 0.05) is 6.08 Å². The lowest BCUT2D eigenvalue weighted by Gasteiger charge is -2.10. The van der Waals surface area contributed by atoms with Crippen molar-refractivity contribution in [3.63, 3.8) is 0 Å². The molecule has 0 spiro atoms. The molecule has 6 nitrogen and oxygen atoms in total. The van der Waals surface area contributed by atoms with Crippen molar-refractivity contribution in [1.29, 1.82) is 0 Å². The van der Waals surface area contributed by atoms with Crippen LogP contribution in [0.4, 0.5) is 0 Å².